The predicted octanol–water partition coefficient (Wildman–Crippen LogP) is 2.76. The molecule has 1 atom stereocenters. The number of anilines is 1. The zero-order valence-corrected chi connectivity index (χ0v) is 13.3. The van der Waals surface area contributed by atoms with Crippen LogP contribution in [0.4, 0.5) is 10.2 Å². The molecule has 3 rings (SSSR count). The Balaban J connectivity index is 2.29. The molecule has 0 bridgehead atoms. The molecule has 0 radical (unpaired) electrons. The summed E-state index contributed by atoms with van der Waals surface area (Å²) in [7, 11) is 0. The molecule has 2 aromatic rings. The molecule has 1 N–H and O–H groups in total. The molecule has 112 valence electrons. The fourth-order valence-corrected chi connectivity index (χ4v) is 3.11. The van der Waals surface area contributed by atoms with Gasteiger partial charge < -0.3 is 10.0 Å². The first-order valence-corrected chi connectivity index (χ1v) is 8.18. The summed E-state index contributed by atoms with van der Waals surface area (Å²) in [6, 6.07) is -0.0485. The largest absolute Gasteiger partial charge is 0.394 e. The monoisotopic (exact) mass is 348 g/mol. The maximum Gasteiger partial charge on any atom is 0.189 e. The second kappa shape index (κ2) is 5.72. The van der Waals surface area contributed by atoms with E-state index < -0.39 is 5.82 Å². The maximum atomic E-state index is 14.2. The Morgan fingerprint density at radius 2 is 2.10 bits per heavy atom. The van der Waals surface area contributed by atoms with Gasteiger partial charge in [0.2, 0.25) is 0 Å². The van der Waals surface area contributed by atoms with Crippen LogP contribution in [0.2, 0.25) is 10.3 Å². The zero-order valence-electron chi connectivity index (χ0n) is 11.0. The third-order valence-electron chi connectivity index (χ3n) is 3.47. The summed E-state index contributed by atoms with van der Waals surface area (Å²) < 4.78 is 14.2. The second-order valence-corrected chi connectivity index (χ2v) is 6.07. The number of aliphatic hydroxyl groups excluding tert-OH is 1. The van der Waals surface area contributed by atoms with Crippen LogP contribution in [0.1, 0.15) is 6.42 Å². The number of aliphatic hydroxyl groups is 1. The van der Waals surface area contributed by atoms with Gasteiger partial charge >= 0.3 is 0 Å². The molecular weight excluding hydrogens is 338 g/mol. The summed E-state index contributed by atoms with van der Waals surface area (Å²) in [5.41, 5.74) is 0.0536. The molecule has 3 heterocycles. The second-order valence-electron chi connectivity index (χ2n) is 4.58. The van der Waals surface area contributed by atoms with Crippen molar-refractivity contribution in [3.8, 4) is 0 Å². The number of thioether (sulfide) groups is 1. The van der Waals surface area contributed by atoms with Crippen LogP contribution < -0.4 is 4.90 Å². The zero-order chi connectivity index (χ0) is 15.1. The van der Waals surface area contributed by atoms with Crippen molar-refractivity contribution in [1.82, 2.24) is 15.0 Å². The molecule has 5 nitrogen and oxygen atoms in total. The Morgan fingerprint density at radius 3 is 2.67 bits per heavy atom. The first kappa shape index (κ1) is 15.0. The van der Waals surface area contributed by atoms with Gasteiger partial charge in [-0.2, -0.15) is 0 Å². The molecular formula is C12H11Cl2FN4OS. The molecule has 0 amide bonds. The van der Waals surface area contributed by atoms with Crippen molar-refractivity contribution in [3.05, 3.63) is 16.1 Å². The van der Waals surface area contributed by atoms with E-state index in [4.69, 9.17) is 23.2 Å². The first-order chi connectivity index (χ1) is 10.1. The Morgan fingerprint density at radius 1 is 1.33 bits per heavy atom. The SMILES string of the molecule is CSc1nc(N2CC[C@H]2CO)c2c(Cl)nc(Cl)c(F)c2n1. The quantitative estimate of drug-likeness (QED) is 0.522. The molecule has 0 spiro atoms. The number of rotatable bonds is 3. The van der Waals surface area contributed by atoms with Gasteiger partial charge in [0.25, 0.3) is 0 Å². The highest BCUT2D eigenvalue weighted by atomic mass is 35.5. The Kier molecular flexibility index (Phi) is 4.09. The van der Waals surface area contributed by atoms with Gasteiger partial charge in [0.05, 0.1) is 18.0 Å². The Labute approximate surface area is 134 Å². The van der Waals surface area contributed by atoms with Crippen LogP contribution in [-0.4, -0.2) is 45.5 Å². The number of pyridine rings is 1. The lowest BCUT2D eigenvalue weighted by Crippen LogP contribution is -2.50. The third kappa shape index (κ3) is 2.42. The molecule has 1 fully saturated rings. The van der Waals surface area contributed by atoms with Crippen LogP contribution in [0.5, 0.6) is 0 Å². The van der Waals surface area contributed by atoms with Crippen LogP contribution >= 0.6 is 35.0 Å². The van der Waals surface area contributed by atoms with E-state index in [0.29, 0.717) is 22.9 Å². The van der Waals surface area contributed by atoms with Gasteiger partial charge in [0.1, 0.15) is 16.5 Å². The van der Waals surface area contributed by atoms with Crippen molar-refractivity contribution in [3.63, 3.8) is 0 Å². The van der Waals surface area contributed by atoms with Gasteiger partial charge in [-0.25, -0.2) is 19.3 Å². The van der Waals surface area contributed by atoms with E-state index in [0.717, 1.165) is 6.42 Å². The third-order valence-corrected chi connectivity index (χ3v) is 4.54. The Hall–Kier alpha value is -0.890. The topological polar surface area (TPSA) is 62.1 Å². The normalized spacial score (nSPS) is 18.1. The standard InChI is InChI=1S/C12H11Cl2FN4OS/c1-21-12-16-8-6(9(13)17-10(14)7(8)15)11(18-12)19-3-2-5(19)4-20/h5,20H,2-4H2,1H3/t5-/m0/s1. The number of nitrogens with zero attached hydrogens (tertiary/aromatic N) is 4. The molecule has 21 heavy (non-hydrogen) atoms. The summed E-state index contributed by atoms with van der Waals surface area (Å²) in [6.45, 7) is 0.715. The summed E-state index contributed by atoms with van der Waals surface area (Å²) in [6.07, 6.45) is 2.64. The lowest BCUT2D eigenvalue weighted by molar-refractivity contribution is 0.226. The van der Waals surface area contributed by atoms with E-state index in [-0.39, 0.29) is 28.5 Å². The van der Waals surface area contributed by atoms with Gasteiger partial charge in [0, 0.05) is 6.54 Å². The van der Waals surface area contributed by atoms with Crippen LogP contribution in [0.25, 0.3) is 10.9 Å². The van der Waals surface area contributed by atoms with E-state index in [9.17, 15) is 9.50 Å². The smallest absolute Gasteiger partial charge is 0.189 e. The minimum Gasteiger partial charge on any atom is -0.394 e. The highest BCUT2D eigenvalue weighted by Gasteiger charge is 2.32. The summed E-state index contributed by atoms with van der Waals surface area (Å²) >= 11 is 13.1. The van der Waals surface area contributed by atoms with E-state index in [1.54, 1.807) is 6.26 Å². The fourth-order valence-electron chi connectivity index (χ4n) is 2.28. The average Bonchev–Trinajstić information content (AvgIpc) is 2.43. The van der Waals surface area contributed by atoms with Crippen molar-refractivity contribution in [2.45, 2.75) is 17.6 Å². The van der Waals surface area contributed by atoms with Crippen LogP contribution in [0.15, 0.2) is 5.16 Å². The van der Waals surface area contributed by atoms with E-state index in [2.05, 4.69) is 15.0 Å². The molecule has 0 aliphatic carbocycles. The molecule has 1 aliphatic heterocycles. The van der Waals surface area contributed by atoms with Crippen molar-refractivity contribution in [2.75, 3.05) is 24.3 Å². The molecule has 0 unspecified atom stereocenters. The van der Waals surface area contributed by atoms with Crippen LogP contribution in [0.3, 0.4) is 0 Å². The number of halogens is 3. The highest BCUT2D eigenvalue weighted by Crippen LogP contribution is 2.37. The van der Waals surface area contributed by atoms with E-state index in [1.165, 1.54) is 11.8 Å². The van der Waals surface area contributed by atoms with Gasteiger partial charge in [-0.05, 0) is 12.7 Å². The van der Waals surface area contributed by atoms with Gasteiger partial charge in [0.15, 0.2) is 16.1 Å². The highest BCUT2D eigenvalue weighted by molar-refractivity contribution is 7.98. The van der Waals surface area contributed by atoms with Gasteiger partial charge in [-0.3, -0.25) is 0 Å². The summed E-state index contributed by atoms with van der Waals surface area (Å²) in [5.74, 6) is -0.223. The number of hydrogen-bond donors (Lipinski definition) is 1. The molecule has 1 saturated heterocycles. The molecule has 2 aromatic heterocycles. The van der Waals surface area contributed by atoms with Crippen molar-refractivity contribution in [1.29, 1.82) is 0 Å². The molecule has 0 aromatic carbocycles. The van der Waals surface area contributed by atoms with E-state index in [1.807, 2.05) is 4.90 Å². The lowest BCUT2D eigenvalue weighted by atomic mass is 10.0. The summed E-state index contributed by atoms with van der Waals surface area (Å²) in [4.78, 5) is 14.2. The maximum absolute atomic E-state index is 14.2. The summed E-state index contributed by atoms with van der Waals surface area (Å²) in [5, 5.41) is 9.84. The van der Waals surface area contributed by atoms with E-state index >= 15 is 0 Å². The number of hydrogen-bond acceptors (Lipinski definition) is 6. The van der Waals surface area contributed by atoms with Crippen molar-refractivity contribution < 1.29 is 9.50 Å². The number of fused-ring (bicyclic) bond motifs is 1. The van der Waals surface area contributed by atoms with Crippen LogP contribution in [-0.2, 0) is 0 Å². The molecule has 1 aliphatic rings. The van der Waals surface area contributed by atoms with Gasteiger partial charge in [-0.1, -0.05) is 35.0 Å². The van der Waals surface area contributed by atoms with Gasteiger partial charge in [-0.15, -0.1) is 0 Å². The Bertz CT molecular complexity index is 715. The first-order valence-electron chi connectivity index (χ1n) is 6.20. The fraction of sp³-hybridized carbons (Fsp3) is 0.417. The predicted molar refractivity (Wildman–Crippen MR) is 81.9 cm³/mol. The minimum atomic E-state index is -0.712. The minimum absolute atomic E-state index is 0.00121. The van der Waals surface area contributed by atoms with Crippen LogP contribution in [0, 0.1) is 5.82 Å². The average molecular weight is 349 g/mol. The van der Waals surface area contributed by atoms with Crippen molar-refractivity contribution in [2.24, 2.45) is 0 Å². The lowest BCUT2D eigenvalue weighted by Gasteiger charge is -2.41. The number of aromatic nitrogens is 3. The molecule has 9 heteroatoms. The van der Waals surface area contributed by atoms with Crippen molar-refractivity contribution >= 4 is 51.7 Å². The molecule has 0 saturated carbocycles.